The molecule has 1 heterocycles. The van der Waals surface area contributed by atoms with Gasteiger partial charge in [0.15, 0.2) is 11.5 Å². The van der Waals surface area contributed by atoms with Crippen molar-refractivity contribution in [3.05, 3.63) is 30.4 Å². The van der Waals surface area contributed by atoms with Crippen molar-refractivity contribution in [1.29, 1.82) is 0 Å². The number of nitrogens with one attached hydrogen (secondary N) is 1. The quantitative estimate of drug-likeness (QED) is 0.841. The van der Waals surface area contributed by atoms with Gasteiger partial charge in [0.2, 0.25) is 6.79 Å². The fraction of sp³-hybridized carbons (Fsp3) is 0.500. The van der Waals surface area contributed by atoms with Crippen molar-refractivity contribution in [2.24, 2.45) is 17.8 Å². The molecule has 1 aromatic rings. The van der Waals surface area contributed by atoms with E-state index < -0.39 is 0 Å². The largest absolute Gasteiger partial charge is 0.454 e. The van der Waals surface area contributed by atoms with Crippen LogP contribution in [0.25, 0.3) is 0 Å². The minimum Gasteiger partial charge on any atom is -0.454 e. The summed E-state index contributed by atoms with van der Waals surface area (Å²) in [5, 5.41) is 3.63. The van der Waals surface area contributed by atoms with Crippen LogP contribution in [0.4, 0.5) is 5.69 Å². The van der Waals surface area contributed by atoms with Gasteiger partial charge in [-0.1, -0.05) is 12.2 Å². The molecule has 1 fully saturated rings. The minimum absolute atomic E-state index is 0.339. The van der Waals surface area contributed by atoms with Crippen LogP contribution < -0.4 is 14.8 Å². The smallest absolute Gasteiger partial charge is 0.231 e. The van der Waals surface area contributed by atoms with Gasteiger partial charge in [-0.15, -0.1) is 0 Å². The predicted molar refractivity (Wildman–Crippen MR) is 74.5 cm³/mol. The highest BCUT2D eigenvalue weighted by molar-refractivity contribution is 5.56. The molecule has 0 saturated heterocycles. The van der Waals surface area contributed by atoms with Gasteiger partial charge in [0.1, 0.15) is 0 Å². The van der Waals surface area contributed by atoms with Gasteiger partial charge in [-0.05, 0) is 49.7 Å². The molecule has 0 amide bonds. The van der Waals surface area contributed by atoms with Crippen molar-refractivity contribution < 1.29 is 9.47 Å². The standard InChI is InChI=1S/C16H19NO2/c1-10(14-7-11-2-3-12(14)6-11)17-13-4-5-15-16(8-13)19-9-18-15/h2-5,8,10-12,14,17H,6-7,9H2,1H3. The molecule has 4 rings (SSSR count). The van der Waals surface area contributed by atoms with Crippen molar-refractivity contribution in [1.82, 2.24) is 0 Å². The van der Waals surface area contributed by atoms with Crippen LogP contribution in [0.15, 0.2) is 30.4 Å². The molecule has 2 aliphatic carbocycles. The molecule has 4 atom stereocenters. The Labute approximate surface area is 113 Å². The second-order valence-corrected chi connectivity index (χ2v) is 5.95. The Kier molecular flexibility index (Phi) is 2.47. The third kappa shape index (κ3) is 1.88. The van der Waals surface area contributed by atoms with Crippen molar-refractivity contribution >= 4 is 5.69 Å². The molecule has 4 unspecified atom stereocenters. The maximum absolute atomic E-state index is 5.42. The van der Waals surface area contributed by atoms with E-state index in [0.717, 1.165) is 34.9 Å². The van der Waals surface area contributed by atoms with Crippen LogP contribution in [0.1, 0.15) is 19.8 Å². The van der Waals surface area contributed by atoms with Gasteiger partial charge in [-0.3, -0.25) is 0 Å². The van der Waals surface area contributed by atoms with E-state index in [1.54, 1.807) is 0 Å². The summed E-state index contributed by atoms with van der Waals surface area (Å²) in [5.74, 6) is 4.07. The monoisotopic (exact) mass is 257 g/mol. The summed E-state index contributed by atoms with van der Waals surface area (Å²) in [6, 6.07) is 6.60. The lowest BCUT2D eigenvalue weighted by molar-refractivity contribution is 0.174. The fourth-order valence-electron chi connectivity index (χ4n) is 3.75. The van der Waals surface area contributed by atoms with E-state index in [9.17, 15) is 0 Å². The first-order chi connectivity index (χ1) is 9.29. The van der Waals surface area contributed by atoms with E-state index in [0.29, 0.717) is 12.8 Å². The number of ether oxygens (including phenoxy) is 2. The molecule has 3 heteroatoms. The molecule has 0 radical (unpaired) electrons. The van der Waals surface area contributed by atoms with Crippen molar-refractivity contribution in [3.8, 4) is 11.5 Å². The van der Waals surface area contributed by atoms with Gasteiger partial charge < -0.3 is 14.8 Å². The summed E-state index contributed by atoms with van der Waals surface area (Å²) in [5.41, 5.74) is 1.13. The van der Waals surface area contributed by atoms with Gasteiger partial charge in [-0.25, -0.2) is 0 Å². The van der Waals surface area contributed by atoms with Crippen molar-refractivity contribution in [3.63, 3.8) is 0 Å². The molecule has 0 spiro atoms. The number of hydrogen-bond donors (Lipinski definition) is 1. The Bertz CT molecular complexity index is 525. The van der Waals surface area contributed by atoms with E-state index in [4.69, 9.17) is 9.47 Å². The number of hydrogen-bond acceptors (Lipinski definition) is 3. The summed E-state index contributed by atoms with van der Waals surface area (Å²) in [7, 11) is 0. The van der Waals surface area contributed by atoms with Crippen LogP contribution in [0.5, 0.6) is 11.5 Å². The highest BCUT2D eigenvalue weighted by Gasteiger charge is 2.38. The summed E-state index contributed by atoms with van der Waals surface area (Å²) in [4.78, 5) is 0. The van der Waals surface area contributed by atoms with Crippen LogP contribution in [0.3, 0.4) is 0 Å². The molecule has 3 nitrogen and oxygen atoms in total. The lowest BCUT2D eigenvalue weighted by Gasteiger charge is -2.27. The van der Waals surface area contributed by atoms with Gasteiger partial charge in [0, 0.05) is 17.8 Å². The molecule has 19 heavy (non-hydrogen) atoms. The lowest BCUT2D eigenvalue weighted by atomic mass is 9.87. The highest BCUT2D eigenvalue weighted by atomic mass is 16.7. The van der Waals surface area contributed by atoms with E-state index >= 15 is 0 Å². The van der Waals surface area contributed by atoms with Crippen LogP contribution in [-0.4, -0.2) is 12.8 Å². The number of anilines is 1. The van der Waals surface area contributed by atoms with Crippen LogP contribution >= 0.6 is 0 Å². The average molecular weight is 257 g/mol. The first-order valence-corrected chi connectivity index (χ1v) is 7.14. The Morgan fingerprint density at radius 2 is 2.05 bits per heavy atom. The Balaban J connectivity index is 1.48. The van der Waals surface area contributed by atoms with Gasteiger partial charge in [0.05, 0.1) is 0 Å². The van der Waals surface area contributed by atoms with Gasteiger partial charge in [-0.2, -0.15) is 0 Å². The minimum atomic E-state index is 0.339. The van der Waals surface area contributed by atoms with E-state index in [1.165, 1.54) is 12.8 Å². The second kappa shape index (κ2) is 4.19. The summed E-state index contributed by atoms with van der Waals surface area (Å²) in [6.07, 6.45) is 7.50. The van der Waals surface area contributed by atoms with E-state index in [1.807, 2.05) is 12.1 Å². The Morgan fingerprint density at radius 1 is 1.16 bits per heavy atom. The Morgan fingerprint density at radius 3 is 2.84 bits per heavy atom. The number of benzene rings is 1. The van der Waals surface area contributed by atoms with Crippen LogP contribution in [0, 0.1) is 17.8 Å². The van der Waals surface area contributed by atoms with Crippen LogP contribution in [-0.2, 0) is 0 Å². The molecule has 2 bridgehead atoms. The predicted octanol–water partition coefficient (Wildman–Crippen LogP) is 3.43. The van der Waals surface area contributed by atoms with E-state index in [-0.39, 0.29) is 0 Å². The normalized spacial score (nSPS) is 31.7. The zero-order chi connectivity index (χ0) is 12.8. The number of fused-ring (bicyclic) bond motifs is 3. The van der Waals surface area contributed by atoms with Crippen molar-refractivity contribution in [2.45, 2.75) is 25.8 Å². The lowest BCUT2D eigenvalue weighted by Crippen LogP contribution is -2.28. The third-order valence-corrected chi connectivity index (χ3v) is 4.74. The SMILES string of the molecule is CC(Nc1ccc2c(c1)OCO2)C1CC2C=CC1C2. The maximum Gasteiger partial charge on any atom is 0.231 e. The fourth-order valence-corrected chi connectivity index (χ4v) is 3.75. The number of rotatable bonds is 3. The highest BCUT2D eigenvalue weighted by Crippen LogP contribution is 2.45. The molecule has 1 N–H and O–H groups in total. The Hall–Kier alpha value is -1.64. The first-order valence-electron chi connectivity index (χ1n) is 7.14. The zero-order valence-electron chi connectivity index (χ0n) is 11.1. The van der Waals surface area contributed by atoms with Gasteiger partial charge in [0.25, 0.3) is 0 Å². The topological polar surface area (TPSA) is 30.5 Å². The average Bonchev–Trinajstić information content (AvgIpc) is 3.13. The first kappa shape index (κ1) is 11.2. The summed E-state index contributed by atoms with van der Waals surface area (Å²) < 4.78 is 10.8. The molecular weight excluding hydrogens is 238 g/mol. The zero-order valence-corrected chi connectivity index (χ0v) is 11.1. The molecule has 1 aromatic carbocycles. The van der Waals surface area contributed by atoms with Crippen molar-refractivity contribution in [2.75, 3.05) is 12.1 Å². The molecule has 1 saturated carbocycles. The van der Waals surface area contributed by atoms with Gasteiger partial charge >= 0.3 is 0 Å². The molecule has 1 aliphatic heterocycles. The summed E-state index contributed by atoms with van der Waals surface area (Å²) >= 11 is 0. The molecule has 0 aromatic heterocycles. The third-order valence-electron chi connectivity index (χ3n) is 4.74. The molecule has 3 aliphatic rings. The number of allylic oxidation sites excluding steroid dienone is 2. The maximum atomic E-state index is 5.42. The van der Waals surface area contributed by atoms with Crippen LogP contribution in [0.2, 0.25) is 0 Å². The molecule has 100 valence electrons. The second-order valence-electron chi connectivity index (χ2n) is 5.95. The summed E-state index contributed by atoms with van der Waals surface area (Å²) in [6.45, 7) is 2.63. The van der Waals surface area contributed by atoms with E-state index in [2.05, 4.69) is 30.5 Å². The molecular formula is C16H19NO2.